The molecule has 1 aromatic rings. The van der Waals surface area contributed by atoms with Crippen LogP contribution in [0.4, 0.5) is 16.3 Å². The number of hydrogen-bond donors (Lipinski definition) is 3. The van der Waals surface area contributed by atoms with Crippen molar-refractivity contribution in [2.24, 2.45) is 27.6 Å². The van der Waals surface area contributed by atoms with Gasteiger partial charge in [-0.15, -0.1) is 24.4 Å². The second-order valence-corrected chi connectivity index (χ2v) is 12.1. The molecular weight excluding hydrogens is 566 g/mol. The van der Waals surface area contributed by atoms with Gasteiger partial charge in [0.1, 0.15) is 5.69 Å². The lowest BCUT2D eigenvalue weighted by Gasteiger charge is -2.46. The van der Waals surface area contributed by atoms with Crippen LogP contribution >= 0.6 is 11.6 Å². The van der Waals surface area contributed by atoms with Crippen molar-refractivity contribution in [3.8, 4) is 12.8 Å². The zero-order valence-electron chi connectivity index (χ0n) is 27.1. The number of amidine groups is 1. The molecule has 5 N–H and O–H groups in total. The van der Waals surface area contributed by atoms with Gasteiger partial charge in [-0.2, -0.15) is 4.99 Å². The molecule has 2 aliphatic carbocycles. The largest absolute Gasteiger partial charge is 0.463 e. The molecule has 4 unspecified atom stereocenters. The van der Waals surface area contributed by atoms with Gasteiger partial charge in [0, 0.05) is 32.3 Å². The van der Waals surface area contributed by atoms with E-state index in [4.69, 9.17) is 37.9 Å². The van der Waals surface area contributed by atoms with Crippen molar-refractivity contribution in [1.29, 1.82) is 0 Å². The van der Waals surface area contributed by atoms with E-state index in [-0.39, 0.29) is 34.4 Å². The number of nitrogens with two attached hydrogens (primary N) is 2. The Labute approximate surface area is 264 Å². The highest BCUT2D eigenvalue weighted by molar-refractivity contribution is 6.20. The molecule has 242 valence electrons. The minimum absolute atomic E-state index is 0.00952. The summed E-state index contributed by atoms with van der Waals surface area (Å²) < 4.78 is 6.30. The number of hydrogen-bond acceptors (Lipinski definition) is 7. The summed E-state index contributed by atoms with van der Waals surface area (Å²) in [5, 5.41) is 9.04. The number of nitrogens with zero attached hydrogens (tertiary/aromatic N) is 5. The zero-order valence-corrected chi connectivity index (χ0v) is 27.8. The molecule has 4 atom stereocenters. The molecule has 3 rings (SSSR count). The first-order valence-electron chi connectivity index (χ1n) is 15.6. The third-order valence-electron chi connectivity index (χ3n) is 8.27. The molecule has 2 fully saturated rings. The number of halogens is 1. The Balaban J connectivity index is 0.00000221. The van der Waals surface area contributed by atoms with Crippen molar-refractivity contribution < 1.29 is 14.6 Å². The van der Waals surface area contributed by atoms with E-state index in [1.807, 2.05) is 41.0 Å². The number of rotatable bonds is 11. The summed E-state index contributed by atoms with van der Waals surface area (Å²) in [6.07, 6.45) is 18.9. The van der Waals surface area contributed by atoms with Gasteiger partial charge in [0.05, 0.1) is 23.2 Å². The van der Waals surface area contributed by atoms with Crippen LogP contribution in [0.1, 0.15) is 110 Å². The Morgan fingerprint density at radius 1 is 1.19 bits per heavy atom. The van der Waals surface area contributed by atoms with E-state index in [2.05, 4.69) is 39.6 Å². The molecule has 11 heteroatoms. The highest BCUT2D eigenvalue weighted by Crippen LogP contribution is 2.41. The maximum absolute atomic E-state index is 11.2. The van der Waals surface area contributed by atoms with E-state index in [1.54, 1.807) is 0 Å². The van der Waals surface area contributed by atoms with Crippen LogP contribution < -0.4 is 16.4 Å². The predicted octanol–water partition coefficient (Wildman–Crippen LogP) is 6.50. The van der Waals surface area contributed by atoms with Gasteiger partial charge in [-0.1, -0.05) is 59.8 Å². The van der Waals surface area contributed by atoms with Crippen molar-refractivity contribution in [3.05, 3.63) is 11.5 Å². The van der Waals surface area contributed by atoms with E-state index in [1.165, 1.54) is 38.5 Å². The Morgan fingerprint density at radius 2 is 1.81 bits per heavy atom. The SMILES string of the molecule is C#C.CC.COC1(CN(CC2CCCCC2)c2c(N)nc(/C(N)=N/C(=O)O)nc2C(C)C=NCC(C)Cl)CCCCC1C. The summed E-state index contributed by atoms with van der Waals surface area (Å²) in [7, 11) is 1.82. The Hall–Kier alpha value is -2.90. The van der Waals surface area contributed by atoms with Gasteiger partial charge in [0.2, 0.25) is 0 Å². The first-order chi connectivity index (χ1) is 20.6. The lowest BCUT2D eigenvalue weighted by atomic mass is 9.75. The summed E-state index contributed by atoms with van der Waals surface area (Å²) in [6, 6.07) is 0. The normalized spacial score (nSPS) is 22.4. The van der Waals surface area contributed by atoms with Crippen LogP contribution in [0.15, 0.2) is 9.98 Å². The zero-order chi connectivity index (χ0) is 32.6. The second kappa shape index (κ2) is 19.4. The lowest BCUT2D eigenvalue weighted by Crippen LogP contribution is -2.52. The van der Waals surface area contributed by atoms with E-state index in [0.717, 1.165) is 31.5 Å². The van der Waals surface area contributed by atoms with E-state index in [9.17, 15) is 4.79 Å². The molecule has 0 bridgehead atoms. The molecule has 1 aromatic heterocycles. The van der Waals surface area contributed by atoms with Crippen molar-refractivity contribution in [2.45, 2.75) is 109 Å². The number of ether oxygens (including phenoxy) is 1. The van der Waals surface area contributed by atoms with E-state index < -0.39 is 6.09 Å². The van der Waals surface area contributed by atoms with Gasteiger partial charge in [-0.25, -0.2) is 14.8 Å². The fourth-order valence-corrected chi connectivity index (χ4v) is 6.14. The number of methoxy groups -OCH3 is 1. The first kappa shape index (κ1) is 38.1. The Kier molecular flexibility index (Phi) is 17.2. The van der Waals surface area contributed by atoms with Crippen molar-refractivity contribution in [3.63, 3.8) is 0 Å². The number of amides is 1. The molecule has 0 aliphatic heterocycles. The number of alkyl halides is 1. The quantitative estimate of drug-likeness (QED) is 0.110. The van der Waals surface area contributed by atoms with Crippen LogP contribution in [0.25, 0.3) is 0 Å². The molecule has 2 aliphatic rings. The fourth-order valence-electron chi connectivity index (χ4n) is 6.06. The molecule has 0 radical (unpaired) electrons. The van der Waals surface area contributed by atoms with Gasteiger partial charge in [0.25, 0.3) is 0 Å². The summed E-state index contributed by atoms with van der Waals surface area (Å²) in [5.41, 5.74) is 13.7. The molecule has 2 saturated carbocycles. The first-order valence-corrected chi connectivity index (χ1v) is 16.0. The van der Waals surface area contributed by atoms with Gasteiger partial charge < -0.3 is 26.2 Å². The van der Waals surface area contributed by atoms with Gasteiger partial charge in [0.15, 0.2) is 17.5 Å². The number of carboxylic acid groups (broad SMARTS) is 1. The topological polar surface area (TPSA) is 152 Å². The fraction of sp³-hybridized carbons (Fsp3) is 0.719. The average Bonchev–Trinajstić information content (AvgIpc) is 2.99. The standard InChI is InChI=1S/C28H46ClN7O3.C2H6.C2H2/c1-18(14-32-15-20(3)29)22-23(24(30)34-26(33-22)25(31)35-27(37)38)36(16-21-11-6-5-7-12-21)17-28(39-4)13-9-8-10-19(28)2;2*1-2/h14,18-21H,5-13,15-17H2,1-4H3,(H2,31,35)(H,37,38)(H2,30,33,34);1-2H3;1-2H. The summed E-state index contributed by atoms with van der Waals surface area (Å²) in [5.74, 6) is 0.595. The summed E-state index contributed by atoms with van der Waals surface area (Å²) in [4.78, 5) is 30.7. The smallest absolute Gasteiger partial charge is 0.433 e. The third kappa shape index (κ3) is 11.3. The minimum Gasteiger partial charge on any atom is -0.463 e. The number of terminal acetylenes is 1. The monoisotopic (exact) mass is 619 g/mol. The summed E-state index contributed by atoms with van der Waals surface area (Å²) >= 11 is 6.12. The van der Waals surface area contributed by atoms with Crippen LogP contribution in [-0.2, 0) is 4.74 Å². The number of aliphatic imine (C=N–C) groups is 2. The number of aromatic nitrogens is 2. The molecule has 10 nitrogen and oxygen atoms in total. The van der Waals surface area contributed by atoms with Crippen LogP contribution in [-0.4, -0.2) is 70.9 Å². The molecule has 43 heavy (non-hydrogen) atoms. The minimum atomic E-state index is -1.42. The molecular formula is C32H54ClN7O3. The maximum Gasteiger partial charge on any atom is 0.433 e. The summed E-state index contributed by atoms with van der Waals surface area (Å²) in [6.45, 7) is 12.1. The highest BCUT2D eigenvalue weighted by atomic mass is 35.5. The van der Waals surface area contributed by atoms with Crippen LogP contribution in [0, 0.1) is 24.7 Å². The second-order valence-electron chi connectivity index (χ2n) is 11.3. The van der Waals surface area contributed by atoms with Gasteiger partial charge in [-0.3, -0.25) is 4.99 Å². The predicted molar refractivity (Wildman–Crippen MR) is 180 cm³/mol. The van der Waals surface area contributed by atoms with Crippen LogP contribution in [0.5, 0.6) is 0 Å². The highest BCUT2D eigenvalue weighted by Gasteiger charge is 2.41. The Morgan fingerprint density at radius 3 is 2.37 bits per heavy atom. The van der Waals surface area contributed by atoms with Crippen molar-refractivity contribution in [1.82, 2.24) is 9.97 Å². The molecule has 1 amide bonds. The third-order valence-corrected chi connectivity index (χ3v) is 8.41. The number of carbonyl (C=O) groups is 1. The molecule has 0 saturated heterocycles. The molecule has 0 spiro atoms. The van der Waals surface area contributed by atoms with Crippen LogP contribution in [0.3, 0.4) is 0 Å². The van der Waals surface area contributed by atoms with Gasteiger partial charge in [-0.05, 0) is 44.4 Å². The van der Waals surface area contributed by atoms with E-state index in [0.29, 0.717) is 30.6 Å². The lowest BCUT2D eigenvalue weighted by molar-refractivity contribution is -0.0708. The molecule has 0 aromatic carbocycles. The van der Waals surface area contributed by atoms with Crippen molar-refractivity contribution >= 4 is 41.2 Å². The van der Waals surface area contributed by atoms with Crippen LogP contribution in [0.2, 0.25) is 0 Å². The average molecular weight is 620 g/mol. The number of anilines is 2. The molecule has 1 heterocycles. The van der Waals surface area contributed by atoms with Gasteiger partial charge >= 0.3 is 6.09 Å². The Bertz CT molecular complexity index is 1070. The van der Waals surface area contributed by atoms with Crippen molar-refractivity contribution in [2.75, 3.05) is 37.4 Å². The van der Waals surface area contributed by atoms with E-state index >= 15 is 0 Å². The maximum atomic E-state index is 11.2. The number of nitrogen functional groups attached to an aromatic ring is 1.